The lowest BCUT2D eigenvalue weighted by Crippen LogP contribution is -2.57. The van der Waals surface area contributed by atoms with Crippen LogP contribution in [0.3, 0.4) is 0 Å². The fraction of sp³-hybridized carbons (Fsp3) is 0.512. The topological polar surface area (TPSA) is 164 Å². The molecule has 5 atom stereocenters. The third-order valence-electron chi connectivity index (χ3n) is 11.9. The first-order valence-electron chi connectivity index (χ1n) is 19.9. The van der Waals surface area contributed by atoms with Crippen molar-refractivity contribution in [1.29, 1.82) is 0 Å². The van der Waals surface area contributed by atoms with E-state index in [4.69, 9.17) is 14.5 Å². The van der Waals surface area contributed by atoms with Crippen LogP contribution in [0.1, 0.15) is 72.1 Å². The van der Waals surface area contributed by atoms with Crippen molar-refractivity contribution in [2.75, 3.05) is 26.7 Å². The molecule has 57 heavy (non-hydrogen) atoms. The molecule has 2 saturated heterocycles. The van der Waals surface area contributed by atoms with E-state index in [0.717, 1.165) is 24.8 Å². The number of nitrogens with zero attached hydrogens (tertiary/aromatic N) is 3. The molecule has 304 valence electrons. The molecular weight excluding hydrogens is 747 g/mol. The predicted molar refractivity (Wildman–Crippen MR) is 216 cm³/mol. The number of hydrogen-bond acceptors (Lipinski definition) is 9. The standard InChI is InChI=1S/C43H53N5O8S/c1-6-28-25-43(28,41(52)46-57(53,54)31-16-17-31)45-39(50)36-22-30(26-48(36)40(51)33(42(2,3)4)23-38(49)47-19-11-8-12-20-47)56-37-24-34(27-13-9-7-10-14-27)44-35-21-29(55-5)15-18-32(35)37/h6-7,9-10,13-15,18,21,24,28,30-31,33,36H,1,8,11-12,16-17,19-20,22-23,25-26H2,2-5H3,(H,45,50)(H,46,52)/t28?,30-,33-,36-,43-/m1/s1. The lowest BCUT2D eigenvalue weighted by atomic mass is 9.77. The number of aromatic nitrogens is 1. The minimum Gasteiger partial charge on any atom is -0.497 e. The summed E-state index contributed by atoms with van der Waals surface area (Å²) < 4.78 is 40.1. The van der Waals surface area contributed by atoms with E-state index in [1.165, 1.54) is 11.0 Å². The van der Waals surface area contributed by atoms with Gasteiger partial charge in [0.15, 0.2) is 0 Å². The van der Waals surface area contributed by atoms with Crippen LogP contribution in [0.2, 0.25) is 0 Å². The number of likely N-dealkylation sites (tertiary alicyclic amines) is 2. The summed E-state index contributed by atoms with van der Waals surface area (Å²) in [6.45, 7) is 10.9. The highest BCUT2D eigenvalue weighted by molar-refractivity contribution is 7.91. The van der Waals surface area contributed by atoms with E-state index in [1.807, 2.05) is 80.3 Å². The fourth-order valence-corrected chi connectivity index (χ4v) is 9.51. The molecule has 0 spiro atoms. The maximum absolute atomic E-state index is 14.9. The number of carbonyl (C=O) groups excluding carboxylic acids is 4. The molecule has 2 N–H and O–H groups in total. The van der Waals surface area contributed by atoms with Gasteiger partial charge in [-0.15, -0.1) is 6.58 Å². The van der Waals surface area contributed by atoms with Crippen LogP contribution in [-0.4, -0.2) is 96.5 Å². The summed E-state index contributed by atoms with van der Waals surface area (Å²) in [5, 5.41) is 2.94. The number of amides is 4. The van der Waals surface area contributed by atoms with Crippen LogP contribution in [-0.2, 0) is 29.2 Å². The Balaban J connectivity index is 1.21. The van der Waals surface area contributed by atoms with Gasteiger partial charge in [0.25, 0.3) is 5.91 Å². The van der Waals surface area contributed by atoms with E-state index >= 15 is 0 Å². The van der Waals surface area contributed by atoms with E-state index in [9.17, 15) is 27.6 Å². The number of sulfonamides is 1. The molecule has 13 nitrogen and oxygen atoms in total. The number of ether oxygens (including phenoxy) is 2. The molecule has 4 fully saturated rings. The van der Waals surface area contributed by atoms with Gasteiger partial charge in [0.05, 0.1) is 36.0 Å². The highest BCUT2D eigenvalue weighted by Gasteiger charge is 2.62. The molecule has 4 amide bonds. The van der Waals surface area contributed by atoms with Crippen molar-refractivity contribution in [3.8, 4) is 22.8 Å². The van der Waals surface area contributed by atoms with Crippen LogP contribution in [0, 0.1) is 17.3 Å². The van der Waals surface area contributed by atoms with Crippen LogP contribution >= 0.6 is 0 Å². The van der Waals surface area contributed by atoms with Gasteiger partial charge in [-0.3, -0.25) is 23.9 Å². The van der Waals surface area contributed by atoms with Gasteiger partial charge in [0.1, 0.15) is 29.2 Å². The molecule has 1 aromatic heterocycles. The molecule has 2 aromatic carbocycles. The summed E-state index contributed by atoms with van der Waals surface area (Å²) in [7, 11) is -2.31. The Labute approximate surface area is 334 Å². The number of carbonyl (C=O) groups is 4. The Bertz CT molecular complexity index is 2160. The van der Waals surface area contributed by atoms with Gasteiger partial charge >= 0.3 is 0 Å². The Morgan fingerprint density at radius 3 is 2.39 bits per heavy atom. The number of rotatable bonds is 13. The average Bonchev–Trinajstić information content (AvgIpc) is 4.13. The molecule has 4 aliphatic rings. The summed E-state index contributed by atoms with van der Waals surface area (Å²) in [4.78, 5) is 64.9. The van der Waals surface area contributed by atoms with Gasteiger partial charge in [-0.2, -0.15) is 0 Å². The fourth-order valence-electron chi connectivity index (χ4n) is 8.14. The van der Waals surface area contributed by atoms with Gasteiger partial charge in [-0.1, -0.05) is 57.2 Å². The first-order valence-corrected chi connectivity index (χ1v) is 21.5. The number of piperidine rings is 1. The lowest BCUT2D eigenvalue weighted by Gasteiger charge is -2.36. The quantitative estimate of drug-likeness (QED) is 0.227. The van der Waals surface area contributed by atoms with E-state index in [2.05, 4.69) is 16.6 Å². The number of methoxy groups -OCH3 is 1. The number of pyridine rings is 1. The van der Waals surface area contributed by atoms with Crippen molar-refractivity contribution >= 4 is 44.6 Å². The summed E-state index contributed by atoms with van der Waals surface area (Å²) in [6, 6.07) is 15.9. The Morgan fingerprint density at radius 1 is 1.04 bits per heavy atom. The third-order valence-corrected chi connectivity index (χ3v) is 13.7. The van der Waals surface area contributed by atoms with Crippen LogP contribution < -0.4 is 19.5 Å². The highest BCUT2D eigenvalue weighted by atomic mass is 32.2. The Kier molecular flexibility index (Phi) is 11.1. The van der Waals surface area contributed by atoms with Gasteiger partial charge in [0.2, 0.25) is 27.7 Å². The second-order valence-corrected chi connectivity index (χ2v) is 18.9. The monoisotopic (exact) mass is 799 g/mol. The van der Waals surface area contributed by atoms with Crippen molar-refractivity contribution in [3.63, 3.8) is 0 Å². The molecule has 1 unspecified atom stereocenters. The van der Waals surface area contributed by atoms with Crippen LogP contribution in [0.15, 0.2) is 67.3 Å². The first kappa shape index (κ1) is 40.2. The Morgan fingerprint density at radius 2 is 1.75 bits per heavy atom. The van der Waals surface area contributed by atoms with Crippen LogP contribution in [0.5, 0.6) is 11.5 Å². The molecular formula is C43H53N5O8S. The number of nitrogens with one attached hydrogen (secondary N) is 2. The van der Waals surface area contributed by atoms with Crippen LogP contribution in [0.4, 0.5) is 0 Å². The smallest absolute Gasteiger partial charge is 0.259 e. The van der Waals surface area contributed by atoms with Gasteiger partial charge in [0, 0.05) is 54.9 Å². The van der Waals surface area contributed by atoms with Gasteiger partial charge < -0.3 is 24.6 Å². The Hall–Kier alpha value is -4.98. The first-order chi connectivity index (χ1) is 27.1. The van der Waals surface area contributed by atoms with Crippen molar-refractivity contribution in [2.45, 2.75) is 95.1 Å². The van der Waals surface area contributed by atoms with E-state index in [0.29, 0.717) is 54.0 Å². The largest absolute Gasteiger partial charge is 0.497 e. The summed E-state index contributed by atoms with van der Waals surface area (Å²) in [5.74, 6) is -2.03. The summed E-state index contributed by atoms with van der Waals surface area (Å²) in [5.41, 5.74) is -0.0157. The van der Waals surface area contributed by atoms with Crippen molar-refractivity contribution < 1.29 is 37.1 Å². The van der Waals surface area contributed by atoms with Gasteiger partial charge in [-0.05, 0) is 56.1 Å². The van der Waals surface area contributed by atoms with E-state index in [1.54, 1.807) is 7.11 Å². The maximum atomic E-state index is 14.9. The molecule has 2 aliphatic heterocycles. The number of benzene rings is 2. The zero-order valence-corrected chi connectivity index (χ0v) is 34.0. The number of hydrogen-bond donors (Lipinski definition) is 2. The molecule has 3 aromatic rings. The van der Waals surface area contributed by atoms with Crippen molar-refractivity contribution in [2.24, 2.45) is 17.3 Å². The minimum absolute atomic E-state index is 0.0140. The molecule has 3 heterocycles. The van der Waals surface area contributed by atoms with Crippen molar-refractivity contribution in [1.82, 2.24) is 24.8 Å². The number of fused-ring (bicyclic) bond motifs is 1. The molecule has 14 heteroatoms. The predicted octanol–water partition coefficient (Wildman–Crippen LogP) is 4.99. The van der Waals surface area contributed by atoms with Crippen molar-refractivity contribution in [3.05, 3.63) is 67.3 Å². The minimum atomic E-state index is -3.90. The second kappa shape index (κ2) is 15.8. The zero-order valence-electron chi connectivity index (χ0n) is 33.2. The maximum Gasteiger partial charge on any atom is 0.259 e. The second-order valence-electron chi connectivity index (χ2n) is 17.0. The normalized spacial score (nSPS) is 24.0. The molecule has 0 radical (unpaired) electrons. The highest BCUT2D eigenvalue weighted by Crippen LogP contribution is 2.46. The van der Waals surface area contributed by atoms with E-state index in [-0.39, 0.29) is 37.6 Å². The molecule has 2 saturated carbocycles. The molecule has 7 rings (SSSR count). The average molecular weight is 800 g/mol. The molecule has 0 bridgehead atoms. The third kappa shape index (κ3) is 8.51. The van der Waals surface area contributed by atoms with Crippen LogP contribution in [0.25, 0.3) is 22.2 Å². The van der Waals surface area contributed by atoms with Gasteiger partial charge in [-0.25, -0.2) is 13.4 Å². The lowest BCUT2D eigenvalue weighted by molar-refractivity contribution is -0.148. The SMILES string of the molecule is C=CC1C[C@]1(NC(=O)[C@H]1C[C@@H](Oc2cc(-c3ccccc3)nc3cc(OC)ccc23)CN1C(=O)[C@@H](CC(=O)N1CCCCC1)C(C)(C)C)C(=O)NS(=O)(=O)C1CC1. The van der Waals surface area contributed by atoms with E-state index < -0.39 is 62.0 Å². The summed E-state index contributed by atoms with van der Waals surface area (Å²) in [6.07, 6.45) is 4.91. The summed E-state index contributed by atoms with van der Waals surface area (Å²) >= 11 is 0. The molecule has 2 aliphatic carbocycles. The zero-order chi connectivity index (χ0) is 40.7.